The third-order valence-corrected chi connectivity index (χ3v) is 7.37. The van der Waals surface area contributed by atoms with E-state index in [0.717, 1.165) is 48.0 Å². The van der Waals surface area contributed by atoms with E-state index in [1.165, 1.54) is 7.11 Å². The van der Waals surface area contributed by atoms with Gasteiger partial charge in [0.15, 0.2) is 0 Å². The Morgan fingerprint density at radius 3 is 2.84 bits per heavy atom. The van der Waals surface area contributed by atoms with Crippen molar-refractivity contribution in [3.63, 3.8) is 0 Å². The van der Waals surface area contributed by atoms with E-state index in [1.807, 2.05) is 28.8 Å². The van der Waals surface area contributed by atoms with E-state index in [2.05, 4.69) is 9.88 Å². The molecule has 3 aromatic rings. The van der Waals surface area contributed by atoms with Crippen molar-refractivity contribution >= 4 is 11.6 Å². The van der Waals surface area contributed by atoms with Gasteiger partial charge in [0.25, 0.3) is 5.91 Å². The summed E-state index contributed by atoms with van der Waals surface area (Å²) in [6, 6.07) is 7.77. The van der Waals surface area contributed by atoms with Crippen LogP contribution in [0.4, 0.5) is 13.2 Å². The summed E-state index contributed by atoms with van der Waals surface area (Å²) in [5.74, 6) is 0.306. The van der Waals surface area contributed by atoms with Crippen molar-refractivity contribution in [2.75, 3.05) is 46.5 Å². The number of carbonyl (C=O) groups excluding carboxylic acids is 1. The highest BCUT2D eigenvalue weighted by molar-refractivity contribution is 6.00. The summed E-state index contributed by atoms with van der Waals surface area (Å²) in [5.41, 5.74) is 3.09. The molecule has 11 heteroatoms. The number of carbonyl (C=O) groups is 1. The number of benzene rings is 1. The number of morpholine rings is 1. The molecular weight excluding hydrogens is 489 g/mol. The Morgan fingerprint density at radius 1 is 1.24 bits per heavy atom. The standard InChI is InChI=1S/C26H27F3N4O4/c1-35-22-9-17(8-16-2-4-32(15-26(27,28)29)25(34)24(16)22)21-12-30-23-11-19(3-5-33(21)23)36-7-6-31-13-20-10-18(31)14-37-20/h3,5,8-9,11-12,18,20H,2,4,6-7,10,13-15H2,1H3/t18-,20-/m0/s1. The van der Waals surface area contributed by atoms with E-state index < -0.39 is 18.6 Å². The molecule has 2 atom stereocenters. The molecule has 2 aromatic heterocycles. The maximum atomic E-state index is 12.9. The van der Waals surface area contributed by atoms with Crippen molar-refractivity contribution < 1.29 is 32.2 Å². The van der Waals surface area contributed by atoms with Crippen LogP contribution in [0.5, 0.6) is 11.5 Å². The largest absolute Gasteiger partial charge is 0.496 e. The summed E-state index contributed by atoms with van der Waals surface area (Å²) in [6.07, 6.45) is 0.922. The van der Waals surface area contributed by atoms with Crippen LogP contribution in [0.2, 0.25) is 0 Å². The van der Waals surface area contributed by atoms with Crippen molar-refractivity contribution in [2.24, 2.45) is 0 Å². The number of likely N-dealkylation sites (tertiary alicyclic amines) is 1. The normalized spacial score (nSPS) is 21.6. The van der Waals surface area contributed by atoms with Gasteiger partial charge in [0.2, 0.25) is 0 Å². The molecule has 196 valence electrons. The maximum absolute atomic E-state index is 12.9. The number of hydrogen-bond donors (Lipinski definition) is 0. The molecule has 3 aliphatic rings. The summed E-state index contributed by atoms with van der Waals surface area (Å²) in [5, 5.41) is 0. The summed E-state index contributed by atoms with van der Waals surface area (Å²) in [6.45, 7) is 1.92. The van der Waals surface area contributed by atoms with E-state index >= 15 is 0 Å². The Kier molecular flexibility index (Phi) is 5.99. The summed E-state index contributed by atoms with van der Waals surface area (Å²) in [7, 11) is 1.41. The van der Waals surface area contributed by atoms with Crippen LogP contribution < -0.4 is 9.47 Å². The molecule has 2 fully saturated rings. The van der Waals surface area contributed by atoms with Gasteiger partial charge in [0, 0.05) is 43.5 Å². The highest BCUT2D eigenvalue weighted by Crippen LogP contribution is 2.35. The monoisotopic (exact) mass is 516 g/mol. The van der Waals surface area contributed by atoms with Crippen LogP contribution in [0.25, 0.3) is 16.9 Å². The number of alkyl halides is 3. The summed E-state index contributed by atoms with van der Waals surface area (Å²) in [4.78, 5) is 20.6. The molecule has 0 aliphatic carbocycles. The average Bonchev–Trinajstić information content (AvgIpc) is 3.60. The number of ether oxygens (including phenoxy) is 3. The molecule has 2 saturated heterocycles. The van der Waals surface area contributed by atoms with E-state index in [9.17, 15) is 18.0 Å². The van der Waals surface area contributed by atoms with E-state index in [4.69, 9.17) is 14.2 Å². The molecule has 2 bridgehead atoms. The molecule has 1 aromatic carbocycles. The van der Waals surface area contributed by atoms with Gasteiger partial charge in [-0.25, -0.2) is 4.98 Å². The van der Waals surface area contributed by atoms with Crippen molar-refractivity contribution in [3.05, 3.63) is 47.8 Å². The highest BCUT2D eigenvalue weighted by Gasteiger charge is 2.39. The van der Waals surface area contributed by atoms with Gasteiger partial charge in [-0.1, -0.05) is 0 Å². The molecule has 0 N–H and O–H groups in total. The smallest absolute Gasteiger partial charge is 0.406 e. The van der Waals surface area contributed by atoms with Crippen LogP contribution in [0.1, 0.15) is 22.3 Å². The summed E-state index contributed by atoms with van der Waals surface area (Å²) >= 11 is 0. The second-order valence-electron chi connectivity index (χ2n) is 9.73. The number of aromatic nitrogens is 2. The van der Waals surface area contributed by atoms with E-state index in [0.29, 0.717) is 36.4 Å². The van der Waals surface area contributed by atoms with E-state index in [-0.39, 0.29) is 17.9 Å². The van der Waals surface area contributed by atoms with Gasteiger partial charge in [-0.3, -0.25) is 14.1 Å². The van der Waals surface area contributed by atoms with Crippen molar-refractivity contribution in [3.8, 4) is 22.8 Å². The number of fused-ring (bicyclic) bond motifs is 4. The fourth-order valence-electron chi connectivity index (χ4n) is 5.60. The number of nitrogens with zero attached hydrogens (tertiary/aromatic N) is 4. The molecule has 0 unspecified atom stereocenters. The topological polar surface area (TPSA) is 68.5 Å². The second-order valence-corrected chi connectivity index (χ2v) is 9.73. The first kappa shape index (κ1) is 24.1. The van der Waals surface area contributed by atoms with Crippen LogP contribution in [-0.2, 0) is 11.2 Å². The van der Waals surface area contributed by atoms with Gasteiger partial charge in [0.05, 0.1) is 37.3 Å². The number of hydrogen-bond acceptors (Lipinski definition) is 6. The predicted octanol–water partition coefficient (Wildman–Crippen LogP) is 3.42. The first-order valence-electron chi connectivity index (χ1n) is 12.3. The minimum absolute atomic E-state index is 0.00232. The molecule has 5 heterocycles. The predicted molar refractivity (Wildman–Crippen MR) is 128 cm³/mol. The van der Waals surface area contributed by atoms with Crippen molar-refractivity contribution in [1.82, 2.24) is 19.2 Å². The third kappa shape index (κ3) is 4.61. The van der Waals surface area contributed by atoms with Gasteiger partial charge in [-0.05, 0) is 36.6 Å². The molecule has 0 radical (unpaired) electrons. The first-order chi connectivity index (χ1) is 17.8. The average molecular weight is 517 g/mol. The zero-order valence-corrected chi connectivity index (χ0v) is 20.3. The molecule has 0 spiro atoms. The Labute approximate surface area is 211 Å². The number of amides is 1. The van der Waals surface area contributed by atoms with Crippen LogP contribution in [0.15, 0.2) is 36.7 Å². The quantitative estimate of drug-likeness (QED) is 0.480. The van der Waals surface area contributed by atoms with Gasteiger partial charge < -0.3 is 19.1 Å². The summed E-state index contributed by atoms with van der Waals surface area (Å²) < 4.78 is 57.7. The lowest BCUT2D eigenvalue weighted by atomic mass is 9.94. The molecule has 0 saturated carbocycles. The number of halogens is 3. The Hall–Kier alpha value is -3.31. The Bertz CT molecular complexity index is 1320. The lowest BCUT2D eigenvalue weighted by Gasteiger charge is -2.30. The lowest BCUT2D eigenvalue weighted by molar-refractivity contribution is -0.141. The van der Waals surface area contributed by atoms with Crippen LogP contribution >= 0.6 is 0 Å². The van der Waals surface area contributed by atoms with Crippen molar-refractivity contribution in [1.29, 1.82) is 0 Å². The molecule has 3 aliphatic heterocycles. The lowest BCUT2D eigenvalue weighted by Crippen LogP contribution is -2.43. The molecule has 6 rings (SSSR count). The fraction of sp³-hybridized carbons (Fsp3) is 0.462. The fourth-order valence-corrected chi connectivity index (χ4v) is 5.60. The zero-order chi connectivity index (χ0) is 25.7. The minimum Gasteiger partial charge on any atom is -0.496 e. The third-order valence-electron chi connectivity index (χ3n) is 7.37. The van der Waals surface area contributed by atoms with Crippen LogP contribution in [0, 0.1) is 0 Å². The van der Waals surface area contributed by atoms with Crippen LogP contribution in [0.3, 0.4) is 0 Å². The first-order valence-corrected chi connectivity index (χ1v) is 12.3. The molecule has 1 amide bonds. The Morgan fingerprint density at radius 2 is 2.11 bits per heavy atom. The van der Waals surface area contributed by atoms with Gasteiger partial charge in [-0.15, -0.1) is 0 Å². The molecule has 37 heavy (non-hydrogen) atoms. The minimum atomic E-state index is -4.46. The molecule has 8 nitrogen and oxygen atoms in total. The van der Waals surface area contributed by atoms with Crippen LogP contribution in [-0.4, -0.2) is 89.9 Å². The van der Waals surface area contributed by atoms with E-state index in [1.54, 1.807) is 12.3 Å². The van der Waals surface area contributed by atoms with Gasteiger partial charge >= 0.3 is 6.18 Å². The van der Waals surface area contributed by atoms with Gasteiger partial charge in [0.1, 0.15) is 30.3 Å². The second kappa shape index (κ2) is 9.21. The Balaban J connectivity index is 1.20. The SMILES string of the molecule is COc1cc(-c2cnc3cc(OCCN4C[C@@H]5C[C@H]4CO5)ccn23)cc2c1C(=O)N(CC(F)(F)F)CC2. The zero-order valence-electron chi connectivity index (χ0n) is 20.3. The maximum Gasteiger partial charge on any atom is 0.406 e. The van der Waals surface area contributed by atoms with Gasteiger partial charge in [-0.2, -0.15) is 13.2 Å². The molecular formula is C26H27F3N4O4. The number of imidazole rings is 1. The van der Waals surface area contributed by atoms with Crippen molar-refractivity contribution in [2.45, 2.75) is 31.2 Å². The highest BCUT2D eigenvalue weighted by atomic mass is 19.4. The number of pyridine rings is 1. The number of methoxy groups -OCH3 is 1. The number of rotatable bonds is 7.